The number of amides is 1. The molecule has 2 aromatic heterocycles. The van der Waals surface area contributed by atoms with Crippen LogP contribution < -0.4 is 10.1 Å². The van der Waals surface area contributed by atoms with Gasteiger partial charge >= 0.3 is 0 Å². The van der Waals surface area contributed by atoms with Crippen LogP contribution >= 0.6 is 0 Å². The average molecular weight is 354 g/mol. The highest BCUT2D eigenvalue weighted by Gasteiger charge is 2.17. The molecule has 7 nitrogen and oxygen atoms in total. The van der Waals surface area contributed by atoms with Crippen LogP contribution in [-0.4, -0.2) is 36.9 Å². The smallest absolute Gasteiger partial charge is 0.287 e. The van der Waals surface area contributed by atoms with Crippen LogP contribution in [0.1, 0.15) is 16.2 Å². The molecule has 0 aliphatic carbocycles. The molecule has 1 atom stereocenters. The van der Waals surface area contributed by atoms with E-state index >= 15 is 0 Å². The summed E-state index contributed by atoms with van der Waals surface area (Å²) in [7, 11) is 1.56. The van der Waals surface area contributed by atoms with Gasteiger partial charge in [-0.05, 0) is 36.4 Å². The highest BCUT2D eigenvalue weighted by atomic mass is 16.5. The monoisotopic (exact) mass is 354 g/mol. The van der Waals surface area contributed by atoms with E-state index in [9.17, 15) is 9.59 Å². The first kappa shape index (κ1) is 17.6. The van der Waals surface area contributed by atoms with Crippen molar-refractivity contribution >= 4 is 23.2 Å². The van der Waals surface area contributed by atoms with E-state index in [1.54, 1.807) is 43.6 Å². The molecule has 0 radical (unpaired) electrons. The third-order valence-corrected chi connectivity index (χ3v) is 3.70. The number of ether oxygens (including phenoxy) is 2. The van der Waals surface area contributed by atoms with Gasteiger partial charge in [0.2, 0.25) is 0 Å². The van der Waals surface area contributed by atoms with E-state index in [2.05, 4.69) is 10.3 Å². The van der Waals surface area contributed by atoms with Crippen LogP contribution in [0, 0.1) is 0 Å². The molecule has 1 amide bonds. The molecular formula is C19H18N2O5. The summed E-state index contributed by atoms with van der Waals surface area (Å²) in [5.74, 6) is 0.294. The standard InChI is InChI=1S/C19H18N2O5/c1-24-16-5-6-17-13(8-16)9-18(26-17)19(23)21-15(10-22)12-25-11-14-4-2-3-7-20-14/h2-10,15H,11-12H2,1H3,(H,21,23). The Morgan fingerprint density at radius 2 is 2.19 bits per heavy atom. The molecule has 0 fully saturated rings. The molecule has 0 bridgehead atoms. The number of aldehydes is 1. The predicted octanol–water partition coefficient (Wildman–Crippen LogP) is 2.35. The van der Waals surface area contributed by atoms with E-state index in [1.807, 2.05) is 12.1 Å². The van der Waals surface area contributed by atoms with E-state index in [1.165, 1.54) is 0 Å². The van der Waals surface area contributed by atoms with Gasteiger partial charge in [0, 0.05) is 11.6 Å². The lowest BCUT2D eigenvalue weighted by atomic mass is 10.2. The highest BCUT2D eigenvalue weighted by molar-refractivity contribution is 5.97. The van der Waals surface area contributed by atoms with Crippen molar-refractivity contribution in [2.75, 3.05) is 13.7 Å². The van der Waals surface area contributed by atoms with E-state index in [0.29, 0.717) is 17.6 Å². The van der Waals surface area contributed by atoms with Crippen molar-refractivity contribution in [3.8, 4) is 5.75 Å². The Balaban J connectivity index is 1.59. The van der Waals surface area contributed by atoms with Crippen molar-refractivity contribution in [2.24, 2.45) is 0 Å². The molecule has 0 saturated heterocycles. The van der Waals surface area contributed by atoms with Crippen LogP contribution in [0.2, 0.25) is 0 Å². The zero-order valence-corrected chi connectivity index (χ0v) is 14.2. The Kier molecular flexibility index (Phi) is 5.60. The van der Waals surface area contributed by atoms with Crippen LogP contribution in [0.3, 0.4) is 0 Å². The normalized spacial score (nSPS) is 11.9. The predicted molar refractivity (Wildman–Crippen MR) is 94.0 cm³/mol. The zero-order valence-electron chi connectivity index (χ0n) is 14.2. The second-order valence-corrected chi connectivity index (χ2v) is 5.57. The average Bonchev–Trinajstić information content (AvgIpc) is 3.11. The number of rotatable bonds is 8. The van der Waals surface area contributed by atoms with Gasteiger partial charge in [0.15, 0.2) is 5.76 Å². The lowest BCUT2D eigenvalue weighted by Gasteiger charge is -2.12. The molecule has 7 heteroatoms. The number of hydrogen-bond acceptors (Lipinski definition) is 6. The topological polar surface area (TPSA) is 90.7 Å². The largest absolute Gasteiger partial charge is 0.497 e. The Labute approximate surface area is 149 Å². The van der Waals surface area contributed by atoms with Crippen molar-refractivity contribution in [1.82, 2.24) is 10.3 Å². The zero-order chi connectivity index (χ0) is 18.4. The minimum Gasteiger partial charge on any atom is -0.497 e. The fourth-order valence-corrected chi connectivity index (χ4v) is 2.39. The van der Waals surface area contributed by atoms with Gasteiger partial charge in [0.05, 0.1) is 26.0 Å². The van der Waals surface area contributed by atoms with Gasteiger partial charge in [-0.15, -0.1) is 0 Å². The fraction of sp³-hybridized carbons (Fsp3) is 0.211. The SMILES string of the molecule is COc1ccc2oc(C(=O)NC(C=O)COCc3ccccn3)cc2c1. The molecule has 1 aromatic carbocycles. The van der Waals surface area contributed by atoms with Crippen molar-refractivity contribution < 1.29 is 23.5 Å². The number of hydrogen-bond donors (Lipinski definition) is 1. The van der Waals surface area contributed by atoms with Gasteiger partial charge in [-0.3, -0.25) is 9.78 Å². The fourth-order valence-electron chi connectivity index (χ4n) is 2.39. The van der Waals surface area contributed by atoms with Gasteiger partial charge in [0.1, 0.15) is 23.7 Å². The van der Waals surface area contributed by atoms with Gasteiger partial charge in [-0.1, -0.05) is 6.07 Å². The Hall–Kier alpha value is -3.19. The van der Waals surface area contributed by atoms with E-state index in [0.717, 1.165) is 11.1 Å². The summed E-state index contributed by atoms with van der Waals surface area (Å²) < 4.78 is 16.1. The van der Waals surface area contributed by atoms with Gasteiger partial charge in [-0.2, -0.15) is 0 Å². The first-order valence-electron chi connectivity index (χ1n) is 8.01. The molecule has 1 N–H and O–H groups in total. The first-order chi connectivity index (χ1) is 12.7. The van der Waals surface area contributed by atoms with Crippen LogP contribution in [-0.2, 0) is 16.1 Å². The molecule has 3 aromatic rings. The van der Waals surface area contributed by atoms with Gasteiger partial charge in [-0.25, -0.2) is 0 Å². The summed E-state index contributed by atoms with van der Waals surface area (Å²) in [5, 5.41) is 3.32. The van der Waals surface area contributed by atoms with E-state index in [4.69, 9.17) is 13.9 Å². The minimum absolute atomic E-state index is 0.0415. The van der Waals surface area contributed by atoms with Crippen molar-refractivity contribution in [1.29, 1.82) is 0 Å². The molecule has 1 unspecified atom stereocenters. The van der Waals surface area contributed by atoms with Crippen LogP contribution in [0.5, 0.6) is 5.75 Å². The second kappa shape index (κ2) is 8.26. The highest BCUT2D eigenvalue weighted by Crippen LogP contribution is 2.24. The number of benzene rings is 1. The summed E-state index contributed by atoms with van der Waals surface area (Å²) in [6.07, 6.45) is 2.29. The minimum atomic E-state index is -0.783. The molecule has 0 saturated carbocycles. The number of fused-ring (bicyclic) bond motifs is 1. The van der Waals surface area contributed by atoms with E-state index in [-0.39, 0.29) is 19.0 Å². The Morgan fingerprint density at radius 3 is 2.92 bits per heavy atom. The maximum absolute atomic E-state index is 12.3. The van der Waals surface area contributed by atoms with Crippen LogP contribution in [0.15, 0.2) is 53.1 Å². The van der Waals surface area contributed by atoms with Crippen molar-refractivity contribution in [3.63, 3.8) is 0 Å². The number of nitrogens with one attached hydrogen (secondary N) is 1. The maximum atomic E-state index is 12.3. The second-order valence-electron chi connectivity index (χ2n) is 5.57. The first-order valence-corrected chi connectivity index (χ1v) is 8.01. The third-order valence-electron chi connectivity index (χ3n) is 3.70. The number of carbonyl (C=O) groups excluding carboxylic acids is 2. The Morgan fingerprint density at radius 1 is 1.31 bits per heavy atom. The molecule has 2 heterocycles. The lowest BCUT2D eigenvalue weighted by molar-refractivity contribution is -0.110. The van der Waals surface area contributed by atoms with Crippen molar-refractivity contribution in [3.05, 3.63) is 60.1 Å². The van der Waals surface area contributed by atoms with Crippen LogP contribution in [0.4, 0.5) is 0 Å². The molecule has 3 rings (SSSR count). The van der Waals surface area contributed by atoms with E-state index < -0.39 is 11.9 Å². The number of methoxy groups -OCH3 is 1. The number of pyridine rings is 1. The van der Waals surface area contributed by atoms with Gasteiger partial charge < -0.3 is 24.0 Å². The summed E-state index contributed by atoms with van der Waals surface area (Å²) in [6.45, 7) is 0.297. The number of aromatic nitrogens is 1. The third kappa shape index (κ3) is 4.25. The Bertz CT molecular complexity index is 891. The maximum Gasteiger partial charge on any atom is 0.287 e. The molecular weight excluding hydrogens is 336 g/mol. The van der Waals surface area contributed by atoms with Gasteiger partial charge in [0.25, 0.3) is 5.91 Å². The summed E-state index contributed by atoms with van der Waals surface area (Å²) in [6, 6.07) is 11.5. The summed E-state index contributed by atoms with van der Waals surface area (Å²) >= 11 is 0. The molecule has 26 heavy (non-hydrogen) atoms. The van der Waals surface area contributed by atoms with Crippen LogP contribution in [0.25, 0.3) is 11.0 Å². The quantitative estimate of drug-likeness (QED) is 0.625. The molecule has 134 valence electrons. The molecule has 0 aliphatic rings. The molecule has 0 aliphatic heterocycles. The number of furan rings is 1. The number of nitrogens with zero attached hydrogens (tertiary/aromatic N) is 1. The summed E-state index contributed by atoms with van der Waals surface area (Å²) in [4.78, 5) is 27.6. The van der Waals surface area contributed by atoms with Crippen molar-refractivity contribution in [2.45, 2.75) is 12.6 Å². The number of carbonyl (C=O) groups is 2. The molecule has 0 spiro atoms. The lowest BCUT2D eigenvalue weighted by Crippen LogP contribution is -2.39. The summed E-state index contributed by atoms with van der Waals surface area (Å²) in [5.41, 5.74) is 1.31.